The van der Waals surface area contributed by atoms with Crippen molar-refractivity contribution in [3.8, 4) is 5.88 Å². The van der Waals surface area contributed by atoms with Crippen LogP contribution in [0.1, 0.15) is 111 Å². The van der Waals surface area contributed by atoms with Crippen LogP contribution in [0.4, 0.5) is 17.2 Å². The molecule has 2 aliphatic heterocycles. The highest BCUT2D eigenvalue weighted by Gasteiger charge is 2.50. The standard InChI is InChI=1S/C48H62N8O7S/c1-32(2)38-7-5-6-8-39(38)42-31-53(30-34-13-18-50-44(23-34)63-4)21-22-55(42)36-26-48(27-36)16-19-54(20-17-48)35-9-10-40(45(49)57)43(24-35)64(61,62)37-25-41(56(59)60)46(52-29-37)51-28-33-11-14-47(3,58)15-12-33/h5-10,13,18,23-25,29,32-33,36,42,58H,11-12,14-17,19-22,26-28,30-31H2,1-4H3,(H2,49,57)(H,51,52)/t33?,42-,47?/m0/s1. The van der Waals surface area contributed by atoms with Crippen molar-refractivity contribution in [2.24, 2.45) is 17.1 Å². The van der Waals surface area contributed by atoms with E-state index in [0.717, 1.165) is 90.1 Å². The van der Waals surface area contributed by atoms with E-state index in [-0.39, 0.29) is 33.7 Å². The Morgan fingerprint density at radius 2 is 1.75 bits per heavy atom. The van der Waals surface area contributed by atoms with Crippen molar-refractivity contribution in [2.45, 2.75) is 112 Å². The Morgan fingerprint density at radius 3 is 2.44 bits per heavy atom. The normalized spacial score (nSPS) is 23.2. The van der Waals surface area contributed by atoms with E-state index in [0.29, 0.717) is 42.9 Å². The van der Waals surface area contributed by atoms with Crippen molar-refractivity contribution in [1.82, 2.24) is 19.8 Å². The Labute approximate surface area is 376 Å². The molecule has 64 heavy (non-hydrogen) atoms. The van der Waals surface area contributed by atoms with Gasteiger partial charge in [-0.05, 0) is 116 Å². The fourth-order valence-electron chi connectivity index (χ4n) is 10.7. The lowest BCUT2D eigenvalue weighted by atomic mass is 9.59. The number of pyridine rings is 2. The number of anilines is 2. The second-order valence-corrected chi connectivity index (χ2v) is 21.1. The Bertz CT molecular complexity index is 2460. The molecular formula is C48H62N8O7S. The molecule has 342 valence electrons. The maximum Gasteiger partial charge on any atom is 0.312 e. The molecular weight excluding hydrogens is 833 g/mol. The predicted octanol–water partition coefficient (Wildman–Crippen LogP) is 7.11. The van der Waals surface area contributed by atoms with E-state index in [4.69, 9.17) is 10.5 Å². The number of rotatable bonds is 14. The van der Waals surface area contributed by atoms with E-state index >= 15 is 0 Å². The third-order valence-corrected chi connectivity index (χ3v) is 16.3. The lowest BCUT2D eigenvalue weighted by molar-refractivity contribution is -0.384. The molecule has 2 saturated heterocycles. The van der Waals surface area contributed by atoms with E-state index in [1.54, 1.807) is 13.2 Å². The first-order valence-corrected chi connectivity index (χ1v) is 24.1. The molecule has 16 heteroatoms. The number of nitrogens with two attached hydrogens (primary N) is 1. The summed E-state index contributed by atoms with van der Waals surface area (Å²) in [7, 11) is -2.82. The van der Waals surface area contributed by atoms with Crippen molar-refractivity contribution >= 4 is 32.9 Å². The number of nitro groups is 1. The third kappa shape index (κ3) is 9.60. The van der Waals surface area contributed by atoms with E-state index in [1.807, 2.05) is 19.2 Å². The Hall–Kier alpha value is -5.16. The molecule has 1 atom stereocenters. The number of nitrogens with one attached hydrogen (secondary N) is 1. The van der Waals surface area contributed by atoms with Crippen LogP contribution in [0.15, 0.2) is 82.8 Å². The van der Waals surface area contributed by atoms with Crippen LogP contribution >= 0.6 is 0 Å². The SMILES string of the molecule is COc1cc(CN2CCN(C3CC4(CCN(c5ccc(C(N)=O)c(S(=O)(=O)c6cnc(NCC7CCC(C)(O)CC7)c([N+](=O)[O-])c6)c5)CC4)C3)[C@H](c3ccccc3C(C)C)C2)ccn1. The summed E-state index contributed by atoms with van der Waals surface area (Å²) in [5, 5.41) is 25.6. The monoisotopic (exact) mass is 894 g/mol. The van der Waals surface area contributed by atoms with Crippen molar-refractivity contribution in [2.75, 3.05) is 56.6 Å². The minimum atomic E-state index is -4.46. The van der Waals surface area contributed by atoms with Gasteiger partial charge in [0.05, 0.1) is 33.0 Å². The highest BCUT2D eigenvalue weighted by Crippen LogP contribution is 2.53. The predicted molar refractivity (Wildman–Crippen MR) is 245 cm³/mol. The van der Waals surface area contributed by atoms with E-state index < -0.39 is 36.9 Å². The van der Waals surface area contributed by atoms with Crippen LogP contribution in [0.5, 0.6) is 5.88 Å². The highest BCUT2D eigenvalue weighted by molar-refractivity contribution is 7.91. The van der Waals surface area contributed by atoms with Gasteiger partial charge in [-0.25, -0.2) is 18.4 Å². The van der Waals surface area contributed by atoms with Gasteiger partial charge in [0, 0.05) is 88.1 Å². The van der Waals surface area contributed by atoms with E-state index in [2.05, 4.69) is 74.2 Å². The summed E-state index contributed by atoms with van der Waals surface area (Å²) < 4.78 is 33.9. The Morgan fingerprint density at radius 1 is 1.02 bits per heavy atom. The van der Waals surface area contributed by atoms with Gasteiger partial charge in [0.2, 0.25) is 27.4 Å². The fourth-order valence-corrected chi connectivity index (χ4v) is 12.1. The van der Waals surface area contributed by atoms with Crippen molar-refractivity contribution in [3.05, 3.63) is 105 Å². The Balaban J connectivity index is 0.953. The zero-order valence-electron chi connectivity index (χ0n) is 37.4. The van der Waals surface area contributed by atoms with Crippen LogP contribution in [0.25, 0.3) is 0 Å². The van der Waals surface area contributed by atoms with Crippen LogP contribution in [0.2, 0.25) is 0 Å². The first-order chi connectivity index (χ1) is 30.5. The van der Waals surface area contributed by atoms with Crippen molar-refractivity contribution in [3.63, 3.8) is 0 Å². The summed E-state index contributed by atoms with van der Waals surface area (Å²) in [5.74, 6) is 0.260. The molecule has 2 aliphatic carbocycles. The number of hydrogen-bond donors (Lipinski definition) is 3. The number of ether oxygens (including phenoxy) is 1. The van der Waals surface area contributed by atoms with Crippen LogP contribution in [-0.2, 0) is 16.4 Å². The number of methoxy groups -OCH3 is 1. The molecule has 4 aliphatic rings. The molecule has 2 aromatic carbocycles. The topological polar surface area (TPSA) is 197 Å². The lowest BCUT2D eigenvalue weighted by Crippen LogP contribution is -2.60. The van der Waals surface area contributed by atoms with E-state index in [1.165, 1.54) is 28.8 Å². The van der Waals surface area contributed by atoms with Gasteiger partial charge in [-0.2, -0.15) is 0 Å². The number of carbonyl (C=O) groups excluding carboxylic acids is 1. The summed E-state index contributed by atoms with van der Waals surface area (Å²) in [6.45, 7) is 11.9. The maximum atomic E-state index is 14.3. The van der Waals surface area contributed by atoms with Gasteiger partial charge in [-0.3, -0.25) is 24.7 Å². The number of primary amides is 1. The maximum absolute atomic E-state index is 14.3. The number of benzene rings is 2. The number of aliphatic hydroxyl groups is 1. The van der Waals surface area contributed by atoms with Gasteiger partial charge in [0.1, 0.15) is 0 Å². The second kappa shape index (κ2) is 18.4. The first kappa shape index (κ1) is 45.4. The number of carbonyl (C=O) groups is 1. The van der Waals surface area contributed by atoms with Crippen LogP contribution < -0.4 is 20.7 Å². The second-order valence-electron chi connectivity index (χ2n) is 19.2. The molecule has 8 rings (SSSR count). The summed E-state index contributed by atoms with van der Waals surface area (Å²) >= 11 is 0. The molecule has 0 bridgehead atoms. The lowest BCUT2D eigenvalue weighted by Gasteiger charge is -2.58. The smallest absolute Gasteiger partial charge is 0.312 e. The number of piperazine rings is 1. The van der Waals surface area contributed by atoms with Gasteiger partial charge in [-0.15, -0.1) is 0 Å². The average Bonchev–Trinajstić information content (AvgIpc) is 3.27. The molecule has 15 nitrogen and oxygen atoms in total. The fraction of sp³-hybridized carbons (Fsp3) is 0.521. The summed E-state index contributed by atoms with van der Waals surface area (Å²) in [5.41, 5.74) is 9.16. The number of hydrogen-bond acceptors (Lipinski definition) is 13. The average molecular weight is 895 g/mol. The van der Waals surface area contributed by atoms with Gasteiger partial charge in [0.25, 0.3) is 0 Å². The third-order valence-electron chi connectivity index (χ3n) is 14.5. The quantitative estimate of drug-likeness (QED) is 0.0856. The number of aromatic nitrogens is 2. The molecule has 4 fully saturated rings. The summed E-state index contributed by atoms with van der Waals surface area (Å²) in [6, 6.07) is 19.3. The summed E-state index contributed by atoms with van der Waals surface area (Å²) in [4.78, 5) is 39.5. The minimum absolute atomic E-state index is 0.0359. The first-order valence-electron chi connectivity index (χ1n) is 22.7. The highest BCUT2D eigenvalue weighted by atomic mass is 32.2. The Kier molecular flexibility index (Phi) is 13.0. The molecule has 1 spiro atoms. The van der Waals surface area contributed by atoms with Crippen molar-refractivity contribution < 1.29 is 28.0 Å². The molecule has 0 unspecified atom stereocenters. The van der Waals surface area contributed by atoms with Crippen LogP contribution in [0.3, 0.4) is 0 Å². The zero-order valence-corrected chi connectivity index (χ0v) is 38.2. The molecule has 2 saturated carbocycles. The van der Waals surface area contributed by atoms with Gasteiger partial charge < -0.3 is 25.8 Å². The number of amides is 1. The van der Waals surface area contributed by atoms with Crippen LogP contribution in [-0.4, -0.2) is 102 Å². The molecule has 0 radical (unpaired) electrons. The number of nitrogens with zero attached hydrogens (tertiary/aromatic N) is 6. The molecule has 4 aromatic rings. The molecule has 4 heterocycles. The zero-order chi connectivity index (χ0) is 45.4. The van der Waals surface area contributed by atoms with Crippen molar-refractivity contribution in [1.29, 1.82) is 0 Å². The van der Waals surface area contributed by atoms with E-state index in [9.17, 15) is 28.4 Å². The van der Waals surface area contributed by atoms with Crippen LogP contribution in [0, 0.1) is 21.4 Å². The van der Waals surface area contributed by atoms with Gasteiger partial charge >= 0.3 is 5.69 Å². The number of piperidine rings is 1. The van der Waals surface area contributed by atoms with Gasteiger partial charge in [0.15, 0.2) is 0 Å². The molecule has 2 aromatic heterocycles. The largest absolute Gasteiger partial charge is 0.481 e. The number of sulfone groups is 1. The minimum Gasteiger partial charge on any atom is -0.481 e. The van der Waals surface area contributed by atoms with Gasteiger partial charge in [-0.1, -0.05) is 38.1 Å². The molecule has 4 N–H and O–H groups in total. The summed E-state index contributed by atoms with van der Waals surface area (Å²) in [6.07, 6.45) is 9.77. The molecule has 1 amide bonds.